The van der Waals surface area contributed by atoms with E-state index < -0.39 is 47.5 Å². The molecule has 0 spiro atoms. The molecule has 0 heterocycles. The fraction of sp³-hybridized carbons (Fsp3) is 0.731. The monoisotopic (exact) mass is 1240 g/mol. The lowest BCUT2D eigenvalue weighted by Crippen LogP contribution is -2.45. The molecule has 0 saturated carbocycles. The van der Waals surface area contributed by atoms with E-state index in [4.69, 9.17) is 10.5 Å². The summed E-state index contributed by atoms with van der Waals surface area (Å²) < 4.78 is 5.28. The van der Waals surface area contributed by atoms with Crippen molar-refractivity contribution in [1.29, 1.82) is 0 Å². The predicted molar refractivity (Wildman–Crippen MR) is 342 cm³/mol. The molecule has 0 aliphatic rings. The van der Waals surface area contributed by atoms with E-state index in [-0.39, 0.29) is 162 Å². The second-order valence-corrected chi connectivity index (χ2v) is 24.9. The Morgan fingerprint density at radius 1 is 0.523 bits per heavy atom. The average molecular weight is 1240 g/mol. The van der Waals surface area contributed by atoms with Crippen molar-refractivity contribution < 1.29 is 62.3 Å². The number of esters is 1. The normalized spacial score (nSPS) is 12.6. The molecule has 1 unspecified atom stereocenters. The standard InChI is InChI=1S/C67H112N8O13/c1-11-12-13-14-15-16-17-18-19-20-21-22-23-30-58(79)70-40-37-61(82)74(9)44-56(77)42-53(65(85)75(10)45-55(76)41-50(8)63(83)48(4)5)28-24-25-38-69-59(80)31-26-32-60(81)73-62(47(2)3)57(78)43-52(29-27-39-71-67(68)87)64(84)72-54-35-33-51(34-36-54)46-88-66(86)49(6)7/h33-36,47-50,52-53,62H,11-32,37-46H2,1-10H3,(H,69,80)(H,70,79)(H,72,84)(H,73,81)(H3,68,71,87)/t50-,52?,53-,62+/m1/s1. The Morgan fingerprint density at radius 2 is 1.05 bits per heavy atom. The number of carbonyl (C=O) groups excluding carboxylic acids is 12. The van der Waals surface area contributed by atoms with Crippen LogP contribution in [-0.2, 0) is 64.1 Å². The van der Waals surface area contributed by atoms with Crippen molar-refractivity contribution >= 4 is 76.3 Å². The Hall–Kier alpha value is -6.54. The molecular formula is C67H112N8O13. The van der Waals surface area contributed by atoms with E-state index >= 15 is 0 Å². The number of hydrogen-bond acceptors (Lipinski definition) is 13. The van der Waals surface area contributed by atoms with Crippen LogP contribution in [0.1, 0.15) is 228 Å². The van der Waals surface area contributed by atoms with Gasteiger partial charge in [0, 0.05) is 108 Å². The lowest BCUT2D eigenvalue weighted by atomic mass is 9.89. The predicted octanol–water partition coefficient (Wildman–Crippen LogP) is 9.25. The second kappa shape index (κ2) is 46.6. The molecule has 21 heteroatoms. The number of primary amides is 1. The molecule has 0 aliphatic heterocycles. The molecule has 0 saturated heterocycles. The fourth-order valence-corrected chi connectivity index (χ4v) is 10.2. The highest BCUT2D eigenvalue weighted by Crippen LogP contribution is 2.22. The summed E-state index contributed by atoms with van der Waals surface area (Å²) in [7, 11) is 2.97. The van der Waals surface area contributed by atoms with Gasteiger partial charge in [-0.25, -0.2) is 4.79 Å². The largest absolute Gasteiger partial charge is 0.461 e. The number of benzene rings is 1. The van der Waals surface area contributed by atoms with Crippen molar-refractivity contribution in [3.05, 3.63) is 29.8 Å². The van der Waals surface area contributed by atoms with Crippen molar-refractivity contribution in [2.24, 2.45) is 41.2 Å². The van der Waals surface area contributed by atoms with Crippen LogP contribution >= 0.6 is 0 Å². The lowest BCUT2D eigenvalue weighted by molar-refractivity contribution is -0.148. The molecular weight excluding hydrogens is 1120 g/mol. The Kier molecular flexibility index (Phi) is 42.0. The molecule has 0 aromatic heterocycles. The van der Waals surface area contributed by atoms with Gasteiger partial charge in [-0.15, -0.1) is 0 Å². The van der Waals surface area contributed by atoms with Gasteiger partial charge >= 0.3 is 12.0 Å². The number of nitrogens with one attached hydrogen (secondary N) is 5. The number of Topliss-reactive ketones (excluding diaryl/α,β-unsaturated/α-hetero) is 4. The molecule has 1 aromatic rings. The number of likely N-dealkylation sites (N-methyl/N-ethyl adjacent to an activating group) is 2. The summed E-state index contributed by atoms with van der Waals surface area (Å²) in [5.41, 5.74) is 6.39. The molecule has 0 aliphatic carbocycles. The van der Waals surface area contributed by atoms with Gasteiger partial charge in [0.05, 0.1) is 25.0 Å². The van der Waals surface area contributed by atoms with Crippen LogP contribution in [0.4, 0.5) is 10.5 Å². The van der Waals surface area contributed by atoms with Crippen LogP contribution in [0.15, 0.2) is 24.3 Å². The summed E-state index contributed by atoms with van der Waals surface area (Å²) in [4.78, 5) is 158. The first-order chi connectivity index (χ1) is 41.7. The van der Waals surface area contributed by atoms with E-state index in [0.717, 1.165) is 19.3 Å². The average Bonchev–Trinajstić information content (AvgIpc) is 3.59. The van der Waals surface area contributed by atoms with Crippen LogP contribution in [0, 0.1) is 35.5 Å². The molecule has 4 atom stereocenters. The molecule has 8 amide bonds. The Labute approximate surface area is 525 Å². The maximum Gasteiger partial charge on any atom is 0.312 e. The lowest BCUT2D eigenvalue weighted by Gasteiger charge is -2.24. The SMILES string of the molecule is CCCCCCCCCCCCCCCC(=O)NCCC(=O)N(C)CC(=O)C[C@@H](CCCCNC(=O)CCCC(=O)N[C@H](C(=O)CC(CCCNC(N)=O)C(=O)Nc1ccc(COC(=O)C(C)C)cc1)C(C)C)C(=O)N(C)CC(=O)C[C@@H](C)C(=O)C(C)C. The number of carbonyl (C=O) groups is 12. The number of ketones is 4. The first kappa shape index (κ1) is 79.5. The van der Waals surface area contributed by atoms with Gasteiger partial charge in [-0.05, 0) is 62.1 Å². The van der Waals surface area contributed by atoms with Crippen LogP contribution < -0.4 is 32.3 Å². The van der Waals surface area contributed by atoms with E-state index in [1.54, 1.807) is 72.7 Å². The van der Waals surface area contributed by atoms with Gasteiger partial charge in [0.25, 0.3) is 0 Å². The molecule has 498 valence electrons. The van der Waals surface area contributed by atoms with Gasteiger partial charge in [-0.3, -0.25) is 52.7 Å². The third-order valence-electron chi connectivity index (χ3n) is 15.6. The van der Waals surface area contributed by atoms with E-state index in [0.29, 0.717) is 36.9 Å². The zero-order chi connectivity index (χ0) is 66.0. The maximum atomic E-state index is 13.9. The minimum Gasteiger partial charge on any atom is -0.461 e. The van der Waals surface area contributed by atoms with Gasteiger partial charge in [-0.1, -0.05) is 151 Å². The van der Waals surface area contributed by atoms with Gasteiger partial charge in [0.1, 0.15) is 12.4 Å². The van der Waals surface area contributed by atoms with Crippen molar-refractivity contribution in [2.45, 2.75) is 235 Å². The zero-order valence-corrected chi connectivity index (χ0v) is 55.3. The Morgan fingerprint density at radius 3 is 1.61 bits per heavy atom. The number of rotatable bonds is 51. The molecule has 1 rings (SSSR count). The Balaban J connectivity index is 2.77. The minimum absolute atomic E-state index is 0.00426. The number of nitrogens with zero attached hydrogens (tertiary/aromatic N) is 2. The highest BCUT2D eigenvalue weighted by Gasteiger charge is 2.31. The van der Waals surface area contributed by atoms with E-state index in [1.165, 1.54) is 88.1 Å². The third kappa shape index (κ3) is 37.3. The van der Waals surface area contributed by atoms with Crippen LogP contribution in [0.5, 0.6) is 0 Å². The van der Waals surface area contributed by atoms with Crippen molar-refractivity contribution in [3.8, 4) is 0 Å². The summed E-state index contributed by atoms with van der Waals surface area (Å²) in [5, 5.41) is 13.8. The molecule has 7 N–H and O–H groups in total. The van der Waals surface area contributed by atoms with Gasteiger partial charge in [-0.2, -0.15) is 0 Å². The molecule has 21 nitrogen and oxygen atoms in total. The molecule has 1 aromatic carbocycles. The van der Waals surface area contributed by atoms with Crippen molar-refractivity contribution in [2.75, 3.05) is 52.1 Å². The second-order valence-electron chi connectivity index (χ2n) is 24.9. The maximum absolute atomic E-state index is 13.9. The molecule has 0 radical (unpaired) electrons. The topological polar surface area (TPSA) is 307 Å². The summed E-state index contributed by atoms with van der Waals surface area (Å²) in [6.07, 6.45) is 17.5. The summed E-state index contributed by atoms with van der Waals surface area (Å²) >= 11 is 0. The number of ether oxygens (including phenoxy) is 1. The van der Waals surface area contributed by atoms with E-state index in [2.05, 4.69) is 33.5 Å². The number of unbranched alkanes of at least 4 members (excludes halogenated alkanes) is 13. The van der Waals surface area contributed by atoms with E-state index in [1.807, 2.05) is 0 Å². The number of amides is 8. The molecule has 88 heavy (non-hydrogen) atoms. The van der Waals surface area contributed by atoms with Gasteiger partial charge in [0.2, 0.25) is 35.4 Å². The summed E-state index contributed by atoms with van der Waals surface area (Å²) in [6.45, 7) is 14.6. The van der Waals surface area contributed by atoms with Gasteiger partial charge < -0.3 is 46.9 Å². The highest BCUT2D eigenvalue weighted by molar-refractivity contribution is 5.98. The smallest absolute Gasteiger partial charge is 0.312 e. The minimum atomic E-state index is -0.930. The van der Waals surface area contributed by atoms with Crippen LogP contribution in [-0.4, -0.2) is 133 Å². The van der Waals surface area contributed by atoms with Crippen LogP contribution in [0.3, 0.4) is 0 Å². The first-order valence-corrected chi connectivity index (χ1v) is 32.8. The van der Waals surface area contributed by atoms with Crippen LogP contribution in [0.2, 0.25) is 0 Å². The third-order valence-corrected chi connectivity index (χ3v) is 15.6. The van der Waals surface area contributed by atoms with Crippen molar-refractivity contribution in [3.63, 3.8) is 0 Å². The zero-order valence-electron chi connectivity index (χ0n) is 55.3. The van der Waals surface area contributed by atoms with Crippen LogP contribution in [0.25, 0.3) is 0 Å². The summed E-state index contributed by atoms with van der Waals surface area (Å²) in [5.74, 6) is -6.55. The van der Waals surface area contributed by atoms with Gasteiger partial charge in [0.15, 0.2) is 17.3 Å². The molecule has 0 bridgehead atoms. The van der Waals surface area contributed by atoms with Crippen molar-refractivity contribution in [1.82, 2.24) is 31.1 Å². The number of nitrogens with two attached hydrogens (primary N) is 1. The molecule has 0 fully saturated rings. The Bertz CT molecular complexity index is 2320. The fourth-order valence-electron chi connectivity index (χ4n) is 10.2. The van der Waals surface area contributed by atoms with E-state index in [9.17, 15) is 57.5 Å². The number of hydrogen-bond donors (Lipinski definition) is 6. The quantitative estimate of drug-likeness (QED) is 0.0262. The highest BCUT2D eigenvalue weighted by atomic mass is 16.5. The number of urea groups is 1. The number of anilines is 1. The first-order valence-electron chi connectivity index (χ1n) is 32.8. The summed E-state index contributed by atoms with van der Waals surface area (Å²) in [6, 6.07) is 5.08.